The zero-order valence-electron chi connectivity index (χ0n) is 12.0. The summed E-state index contributed by atoms with van der Waals surface area (Å²) in [6.45, 7) is 3.43. The molecule has 0 radical (unpaired) electrons. The highest BCUT2D eigenvalue weighted by atomic mass is 79.9. The third kappa shape index (κ3) is 3.59. The fourth-order valence-corrected chi connectivity index (χ4v) is 2.43. The van der Waals surface area contributed by atoms with Gasteiger partial charge >= 0.3 is 0 Å². The van der Waals surface area contributed by atoms with E-state index in [0.717, 1.165) is 10.0 Å². The van der Waals surface area contributed by atoms with Crippen LogP contribution in [0.5, 0.6) is 0 Å². The Morgan fingerprint density at radius 1 is 1.43 bits per heavy atom. The number of benzene rings is 1. The molecule has 1 aliphatic heterocycles. The van der Waals surface area contributed by atoms with Crippen molar-refractivity contribution in [2.24, 2.45) is 0 Å². The van der Waals surface area contributed by atoms with Gasteiger partial charge < -0.3 is 20.4 Å². The van der Waals surface area contributed by atoms with E-state index in [1.165, 1.54) is 0 Å². The van der Waals surface area contributed by atoms with Crippen molar-refractivity contribution in [3.8, 4) is 11.8 Å². The van der Waals surface area contributed by atoms with Crippen molar-refractivity contribution >= 4 is 15.9 Å². The molecule has 0 fully saturated rings. The van der Waals surface area contributed by atoms with Gasteiger partial charge in [-0.1, -0.05) is 27.8 Å². The molecule has 5 heteroatoms. The quantitative estimate of drug-likeness (QED) is 0.725. The van der Waals surface area contributed by atoms with Crippen molar-refractivity contribution in [1.29, 1.82) is 0 Å². The average Bonchev–Trinajstić information content (AvgIpc) is 2.97. The minimum Gasteiger partial charge on any atom is -0.393 e. The lowest BCUT2D eigenvalue weighted by molar-refractivity contribution is 0.0274. The molecule has 1 aliphatic rings. The number of aliphatic hydroxyl groups excluding tert-OH is 2. The maximum absolute atomic E-state index is 9.82. The fourth-order valence-electron chi connectivity index (χ4n) is 2.16. The standard InChI is InChI=1S/C16H19BrN2O2/c1-12(21)15-18-9-10-19(15)16(2,11-20)8-7-13-3-5-14(17)6-4-13/h3-6,9-10,12,15,18,20-21H,11H2,1-2H3/t12-,15?,16+/m0/s1. The van der Waals surface area contributed by atoms with Gasteiger partial charge in [-0.2, -0.15) is 0 Å². The highest BCUT2D eigenvalue weighted by Gasteiger charge is 2.36. The summed E-state index contributed by atoms with van der Waals surface area (Å²) in [5.74, 6) is 6.20. The molecule has 0 bridgehead atoms. The number of nitrogens with zero attached hydrogens (tertiary/aromatic N) is 1. The fraction of sp³-hybridized carbons (Fsp3) is 0.375. The van der Waals surface area contributed by atoms with E-state index in [1.807, 2.05) is 42.3 Å². The smallest absolute Gasteiger partial charge is 0.126 e. The maximum atomic E-state index is 9.82. The van der Waals surface area contributed by atoms with Gasteiger partial charge in [0.15, 0.2) is 0 Å². The third-order valence-corrected chi connectivity index (χ3v) is 3.99. The zero-order chi connectivity index (χ0) is 15.5. The summed E-state index contributed by atoms with van der Waals surface area (Å²) in [4.78, 5) is 1.85. The topological polar surface area (TPSA) is 55.7 Å². The molecule has 0 saturated heterocycles. The monoisotopic (exact) mass is 350 g/mol. The Labute approximate surface area is 133 Å². The van der Waals surface area contributed by atoms with E-state index in [2.05, 4.69) is 33.1 Å². The van der Waals surface area contributed by atoms with Crippen molar-refractivity contribution < 1.29 is 10.2 Å². The number of nitrogens with one attached hydrogen (secondary N) is 1. The van der Waals surface area contributed by atoms with Crippen LogP contribution >= 0.6 is 15.9 Å². The van der Waals surface area contributed by atoms with E-state index in [9.17, 15) is 10.2 Å². The Morgan fingerprint density at radius 3 is 2.67 bits per heavy atom. The van der Waals surface area contributed by atoms with Crippen molar-refractivity contribution in [1.82, 2.24) is 10.2 Å². The van der Waals surface area contributed by atoms with Crippen LogP contribution in [0.3, 0.4) is 0 Å². The molecule has 3 N–H and O–H groups in total. The molecule has 3 atom stereocenters. The molecule has 0 spiro atoms. The molecule has 1 unspecified atom stereocenters. The van der Waals surface area contributed by atoms with Crippen LogP contribution < -0.4 is 5.32 Å². The summed E-state index contributed by atoms with van der Waals surface area (Å²) in [5, 5.41) is 22.7. The summed E-state index contributed by atoms with van der Waals surface area (Å²) in [6.07, 6.45) is 2.69. The van der Waals surface area contributed by atoms with Gasteiger partial charge in [-0.3, -0.25) is 0 Å². The van der Waals surface area contributed by atoms with E-state index in [1.54, 1.807) is 13.1 Å². The average molecular weight is 351 g/mol. The predicted octanol–water partition coefficient (Wildman–Crippen LogP) is 1.63. The van der Waals surface area contributed by atoms with E-state index >= 15 is 0 Å². The second-order valence-corrected chi connectivity index (χ2v) is 6.18. The van der Waals surface area contributed by atoms with E-state index in [-0.39, 0.29) is 12.8 Å². The van der Waals surface area contributed by atoms with Crippen LogP contribution in [0.15, 0.2) is 41.1 Å². The van der Waals surface area contributed by atoms with Crippen LogP contribution in [0.2, 0.25) is 0 Å². The molecule has 2 rings (SSSR count). The Bertz CT molecular complexity index is 574. The van der Waals surface area contributed by atoms with E-state index in [4.69, 9.17) is 0 Å². The van der Waals surface area contributed by atoms with Gasteiger partial charge in [0.1, 0.15) is 11.7 Å². The number of hydrogen-bond acceptors (Lipinski definition) is 4. The Hall–Kier alpha value is -1.48. The van der Waals surface area contributed by atoms with Gasteiger partial charge in [-0.05, 0) is 38.1 Å². The molecule has 0 saturated carbocycles. The van der Waals surface area contributed by atoms with Crippen LogP contribution in [-0.4, -0.2) is 39.5 Å². The molecule has 0 amide bonds. The molecular formula is C16H19BrN2O2. The summed E-state index contributed by atoms with van der Waals surface area (Å²) < 4.78 is 0.999. The Balaban J connectivity index is 2.25. The summed E-state index contributed by atoms with van der Waals surface area (Å²) in [6, 6.07) is 7.69. The minimum atomic E-state index is -0.769. The predicted molar refractivity (Wildman–Crippen MR) is 86.1 cm³/mol. The van der Waals surface area contributed by atoms with Gasteiger partial charge in [0.25, 0.3) is 0 Å². The first-order valence-electron chi connectivity index (χ1n) is 6.75. The molecule has 0 aliphatic carbocycles. The molecule has 1 aromatic carbocycles. The van der Waals surface area contributed by atoms with Gasteiger partial charge in [-0.15, -0.1) is 0 Å². The number of aliphatic hydroxyl groups is 2. The molecule has 1 heterocycles. The third-order valence-electron chi connectivity index (χ3n) is 3.46. The van der Waals surface area contributed by atoms with Gasteiger partial charge in [0.05, 0.1) is 12.7 Å². The summed E-state index contributed by atoms with van der Waals surface area (Å²) in [5.41, 5.74) is 0.108. The second-order valence-electron chi connectivity index (χ2n) is 5.26. The van der Waals surface area contributed by atoms with Gasteiger partial charge in [-0.25, -0.2) is 0 Å². The molecule has 4 nitrogen and oxygen atoms in total. The summed E-state index contributed by atoms with van der Waals surface area (Å²) >= 11 is 3.39. The maximum Gasteiger partial charge on any atom is 0.126 e. The number of hydrogen-bond donors (Lipinski definition) is 3. The largest absolute Gasteiger partial charge is 0.393 e. The SMILES string of the molecule is C[C@H](O)C1NC=CN1[C@](C)(C#Cc1ccc(Br)cc1)CO. The molecular weight excluding hydrogens is 332 g/mol. The first kappa shape index (κ1) is 15.9. The number of rotatable bonds is 3. The number of halogens is 1. The molecule has 1 aromatic rings. The van der Waals surface area contributed by atoms with Gasteiger partial charge in [0, 0.05) is 22.4 Å². The first-order chi connectivity index (χ1) is 9.96. The van der Waals surface area contributed by atoms with Crippen LogP contribution in [0, 0.1) is 11.8 Å². The van der Waals surface area contributed by atoms with Crippen molar-refractivity contribution in [3.05, 3.63) is 46.7 Å². The Morgan fingerprint density at radius 2 is 2.10 bits per heavy atom. The highest BCUT2D eigenvalue weighted by molar-refractivity contribution is 9.10. The molecule has 21 heavy (non-hydrogen) atoms. The van der Waals surface area contributed by atoms with Gasteiger partial charge in [0.2, 0.25) is 0 Å². The lowest BCUT2D eigenvalue weighted by Crippen LogP contribution is -2.55. The lowest BCUT2D eigenvalue weighted by atomic mass is 10.00. The normalized spacial score (nSPS) is 21.2. The van der Waals surface area contributed by atoms with E-state index < -0.39 is 11.6 Å². The van der Waals surface area contributed by atoms with Crippen LogP contribution in [0.25, 0.3) is 0 Å². The van der Waals surface area contributed by atoms with E-state index in [0.29, 0.717) is 0 Å². The highest BCUT2D eigenvalue weighted by Crippen LogP contribution is 2.22. The minimum absolute atomic E-state index is 0.133. The van der Waals surface area contributed by atoms with Crippen LogP contribution in [-0.2, 0) is 0 Å². The zero-order valence-corrected chi connectivity index (χ0v) is 13.6. The van der Waals surface area contributed by atoms with Crippen LogP contribution in [0.4, 0.5) is 0 Å². The molecule has 112 valence electrons. The van der Waals surface area contributed by atoms with Crippen molar-refractivity contribution in [2.75, 3.05) is 6.61 Å². The first-order valence-corrected chi connectivity index (χ1v) is 7.54. The molecule has 0 aromatic heterocycles. The lowest BCUT2D eigenvalue weighted by Gasteiger charge is -2.39. The second kappa shape index (κ2) is 6.52. The summed E-state index contributed by atoms with van der Waals surface area (Å²) in [7, 11) is 0. The van der Waals surface area contributed by atoms with Crippen LogP contribution in [0.1, 0.15) is 19.4 Å². The van der Waals surface area contributed by atoms with Crippen molar-refractivity contribution in [3.63, 3.8) is 0 Å². The Kier molecular flexibility index (Phi) is 4.94. The van der Waals surface area contributed by atoms with Crippen molar-refractivity contribution in [2.45, 2.75) is 31.7 Å².